The van der Waals surface area contributed by atoms with Crippen molar-refractivity contribution < 1.29 is 28.6 Å². The predicted molar refractivity (Wildman–Crippen MR) is 156 cm³/mol. The molecule has 4 amide bonds. The van der Waals surface area contributed by atoms with E-state index in [1.54, 1.807) is 6.07 Å². The second-order valence-electron chi connectivity index (χ2n) is 9.80. The standard InChI is InChI=1S/C32H25N3O7/c36-25-15-21(16-28-29(25)26(37)17-27(42-28)19-8-2-1-3-9-19)41-13-7-6-12-35-18-20(22-10-4-5-11-24(22)35)14-23-30(38)33-32(40)34-31(23)39/h1-5,8-11,14-18,36H,6-7,12-13H2,(H2,33,34,38,39,40). The number of para-hydroxylation sites is 1. The molecule has 5 aromatic rings. The highest BCUT2D eigenvalue weighted by molar-refractivity contribution is 6.31. The van der Waals surface area contributed by atoms with Crippen LogP contribution in [-0.4, -0.2) is 34.1 Å². The molecule has 1 aliphatic heterocycles. The second-order valence-corrected chi connectivity index (χ2v) is 9.80. The summed E-state index contributed by atoms with van der Waals surface area (Å²) in [7, 11) is 0. The van der Waals surface area contributed by atoms with Gasteiger partial charge in [-0.05, 0) is 25.0 Å². The molecule has 1 aliphatic rings. The lowest BCUT2D eigenvalue weighted by Gasteiger charge is -2.13. The Morgan fingerprint density at radius 1 is 0.881 bits per heavy atom. The number of hydrogen-bond donors (Lipinski definition) is 3. The average molecular weight is 564 g/mol. The molecule has 0 unspecified atom stereocenters. The van der Waals surface area contributed by atoms with Gasteiger partial charge in [0.1, 0.15) is 33.8 Å². The topological polar surface area (TPSA) is 140 Å². The van der Waals surface area contributed by atoms with E-state index in [1.165, 1.54) is 18.2 Å². The molecular weight excluding hydrogens is 538 g/mol. The Balaban J connectivity index is 1.14. The van der Waals surface area contributed by atoms with Crippen molar-refractivity contribution in [1.29, 1.82) is 0 Å². The number of hydrogen-bond acceptors (Lipinski definition) is 7. The van der Waals surface area contributed by atoms with Gasteiger partial charge in [-0.2, -0.15) is 0 Å². The minimum Gasteiger partial charge on any atom is -0.507 e. The number of aromatic nitrogens is 1. The highest BCUT2D eigenvalue weighted by Gasteiger charge is 2.28. The minimum atomic E-state index is -0.841. The Labute approximate surface area is 238 Å². The summed E-state index contributed by atoms with van der Waals surface area (Å²) in [5, 5.41) is 15.6. The maximum Gasteiger partial charge on any atom is 0.328 e. The van der Waals surface area contributed by atoms with E-state index in [0.29, 0.717) is 36.6 Å². The summed E-state index contributed by atoms with van der Waals surface area (Å²) in [6.07, 6.45) is 4.77. The molecule has 1 saturated heterocycles. The molecule has 0 aliphatic carbocycles. The third-order valence-electron chi connectivity index (χ3n) is 6.97. The van der Waals surface area contributed by atoms with E-state index in [2.05, 4.69) is 10.6 Å². The zero-order valence-electron chi connectivity index (χ0n) is 22.3. The first-order valence-corrected chi connectivity index (χ1v) is 13.3. The molecule has 1 fully saturated rings. The number of aryl methyl sites for hydroxylation is 1. The molecule has 3 N–H and O–H groups in total. The molecule has 10 nitrogen and oxygen atoms in total. The van der Waals surface area contributed by atoms with Gasteiger partial charge in [-0.15, -0.1) is 0 Å². The molecule has 10 heteroatoms. The van der Waals surface area contributed by atoms with Gasteiger partial charge in [0, 0.05) is 53.0 Å². The number of amides is 4. The largest absolute Gasteiger partial charge is 0.507 e. The van der Waals surface area contributed by atoms with Crippen LogP contribution in [0, 0.1) is 0 Å². The zero-order chi connectivity index (χ0) is 29.2. The number of imide groups is 2. The van der Waals surface area contributed by atoms with E-state index in [-0.39, 0.29) is 27.7 Å². The van der Waals surface area contributed by atoms with Gasteiger partial charge in [-0.25, -0.2) is 4.79 Å². The van der Waals surface area contributed by atoms with Crippen LogP contribution in [0.4, 0.5) is 4.79 Å². The maximum absolute atomic E-state index is 12.7. The van der Waals surface area contributed by atoms with E-state index < -0.39 is 17.8 Å². The van der Waals surface area contributed by atoms with Gasteiger partial charge in [0.05, 0.1) is 6.61 Å². The van der Waals surface area contributed by atoms with Crippen LogP contribution in [0.2, 0.25) is 0 Å². The first-order valence-electron chi connectivity index (χ1n) is 13.3. The van der Waals surface area contributed by atoms with Gasteiger partial charge in [-0.3, -0.25) is 25.0 Å². The first kappa shape index (κ1) is 26.6. The number of carbonyl (C=O) groups is 3. The molecule has 210 valence electrons. The number of aromatic hydroxyl groups is 1. The van der Waals surface area contributed by atoms with Crippen LogP contribution in [0.5, 0.6) is 11.5 Å². The number of phenols is 1. The number of nitrogens with one attached hydrogen (secondary N) is 2. The summed E-state index contributed by atoms with van der Waals surface area (Å²) < 4.78 is 13.9. The van der Waals surface area contributed by atoms with Crippen molar-refractivity contribution in [2.45, 2.75) is 19.4 Å². The molecule has 2 aromatic heterocycles. The average Bonchev–Trinajstić information content (AvgIpc) is 3.32. The highest BCUT2D eigenvalue weighted by Crippen LogP contribution is 2.31. The Kier molecular flexibility index (Phi) is 7.02. The summed E-state index contributed by atoms with van der Waals surface area (Å²) in [4.78, 5) is 48.4. The van der Waals surface area contributed by atoms with Gasteiger partial charge < -0.3 is 18.8 Å². The quantitative estimate of drug-likeness (QED) is 0.141. The molecule has 0 saturated carbocycles. The van der Waals surface area contributed by atoms with Gasteiger partial charge in [0.2, 0.25) is 0 Å². The van der Waals surface area contributed by atoms with Crippen LogP contribution < -0.4 is 20.8 Å². The van der Waals surface area contributed by atoms with Crippen molar-refractivity contribution in [2.24, 2.45) is 0 Å². The number of unbranched alkanes of at least 4 members (excludes halogenated alkanes) is 1. The number of rotatable bonds is 8. The lowest BCUT2D eigenvalue weighted by Crippen LogP contribution is -2.51. The Bertz CT molecular complexity index is 1930. The van der Waals surface area contributed by atoms with Crippen molar-refractivity contribution in [1.82, 2.24) is 15.2 Å². The summed E-state index contributed by atoms with van der Waals surface area (Å²) in [6.45, 7) is 1.00. The summed E-state index contributed by atoms with van der Waals surface area (Å²) in [5.74, 6) is -0.907. The molecule has 0 radical (unpaired) electrons. The molecule has 6 rings (SSSR count). The van der Waals surface area contributed by atoms with Gasteiger partial charge in [0.25, 0.3) is 11.8 Å². The Morgan fingerprint density at radius 2 is 1.62 bits per heavy atom. The summed E-state index contributed by atoms with van der Waals surface area (Å²) >= 11 is 0. The van der Waals surface area contributed by atoms with Crippen LogP contribution in [0.15, 0.2) is 93.8 Å². The van der Waals surface area contributed by atoms with Crippen molar-refractivity contribution >= 4 is 45.8 Å². The molecule has 3 heterocycles. The fourth-order valence-corrected chi connectivity index (χ4v) is 4.98. The molecule has 0 spiro atoms. The number of urea groups is 1. The molecular formula is C32H25N3O7. The van der Waals surface area contributed by atoms with Crippen molar-refractivity contribution in [2.75, 3.05) is 6.61 Å². The number of carbonyl (C=O) groups excluding carboxylic acids is 3. The molecule has 0 atom stereocenters. The SMILES string of the molecule is O=C1NC(=O)C(=Cc2cn(CCCCOc3cc(O)c4c(=O)cc(-c5ccccc5)oc4c3)c3ccccc23)C(=O)N1. The number of barbiturate groups is 1. The van der Waals surface area contributed by atoms with Crippen molar-refractivity contribution in [3.8, 4) is 22.8 Å². The number of benzene rings is 3. The van der Waals surface area contributed by atoms with Crippen LogP contribution in [0.25, 0.3) is 39.3 Å². The fraction of sp³-hybridized carbons (Fsp3) is 0.125. The third-order valence-corrected chi connectivity index (χ3v) is 6.97. The molecule has 3 aromatic carbocycles. The first-order chi connectivity index (χ1) is 20.4. The number of ether oxygens (including phenoxy) is 1. The van der Waals surface area contributed by atoms with E-state index in [9.17, 15) is 24.3 Å². The van der Waals surface area contributed by atoms with E-state index in [1.807, 2.05) is 65.4 Å². The van der Waals surface area contributed by atoms with E-state index in [4.69, 9.17) is 9.15 Å². The molecule has 0 bridgehead atoms. The van der Waals surface area contributed by atoms with Gasteiger partial charge in [-0.1, -0.05) is 48.5 Å². The number of phenolic OH excluding ortho intramolecular Hbond substituents is 1. The predicted octanol–water partition coefficient (Wildman–Crippen LogP) is 4.73. The lowest BCUT2D eigenvalue weighted by molar-refractivity contribution is -0.123. The third kappa shape index (κ3) is 5.25. The number of fused-ring (bicyclic) bond motifs is 2. The summed E-state index contributed by atoms with van der Waals surface area (Å²) in [6, 6.07) is 20.4. The fourth-order valence-electron chi connectivity index (χ4n) is 4.98. The minimum absolute atomic E-state index is 0.0991. The van der Waals surface area contributed by atoms with Crippen LogP contribution in [-0.2, 0) is 16.1 Å². The van der Waals surface area contributed by atoms with Crippen molar-refractivity contribution in [3.05, 3.63) is 100 Å². The Hall–Kier alpha value is -5.64. The van der Waals surface area contributed by atoms with Crippen LogP contribution >= 0.6 is 0 Å². The second kappa shape index (κ2) is 11.1. The Morgan fingerprint density at radius 3 is 2.40 bits per heavy atom. The zero-order valence-corrected chi connectivity index (χ0v) is 22.3. The van der Waals surface area contributed by atoms with Gasteiger partial charge in [0.15, 0.2) is 5.43 Å². The summed E-state index contributed by atoms with van der Waals surface area (Å²) in [5.41, 5.74) is 2.12. The molecule has 42 heavy (non-hydrogen) atoms. The number of nitrogens with zero attached hydrogens (tertiary/aromatic N) is 1. The van der Waals surface area contributed by atoms with Crippen LogP contribution in [0.3, 0.4) is 0 Å². The smallest absolute Gasteiger partial charge is 0.328 e. The van der Waals surface area contributed by atoms with Gasteiger partial charge >= 0.3 is 6.03 Å². The monoisotopic (exact) mass is 563 g/mol. The lowest BCUT2D eigenvalue weighted by atomic mass is 10.1. The van der Waals surface area contributed by atoms with E-state index >= 15 is 0 Å². The van der Waals surface area contributed by atoms with E-state index in [0.717, 1.165) is 22.9 Å². The highest BCUT2D eigenvalue weighted by atomic mass is 16.5. The maximum atomic E-state index is 12.7. The van der Waals surface area contributed by atoms with Crippen LogP contribution in [0.1, 0.15) is 18.4 Å². The van der Waals surface area contributed by atoms with Crippen molar-refractivity contribution in [3.63, 3.8) is 0 Å². The normalized spacial score (nSPS) is 13.3.